The van der Waals surface area contributed by atoms with E-state index in [2.05, 4.69) is 0 Å². The van der Waals surface area contributed by atoms with Gasteiger partial charge in [0, 0.05) is 11.6 Å². The van der Waals surface area contributed by atoms with Crippen LogP contribution in [0, 0.1) is 17.5 Å². The molecular formula is C23H18F3NO3. The summed E-state index contributed by atoms with van der Waals surface area (Å²) in [6.07, 6.45) is -0.593. The molecule has 0 aromatic heterocycles. The van der Waals surface area contributed by atoms with E-state index in [1.54, 1.807) is 30.3 Å². The van der Waals surface area contributed by atoms with Crippen LogP contribution in [0.25, 0.3) is 11.1 Å². The average Bonchev–Trinajstić information content (AvgIpc) is 2.75. The zero-order valence-electron chi connectivity index (χ0n) is 16.0. The van der Waals surface area contributed by atoms with Crippen molar-refractivity contribution in [3.8, 4) is 16.9 Å². The molecule has 2 atom stereocenters. The number of hydrogen-bond acceptors (Lipinski definition) is 4. The van der Waals surface area contributed by atoms with Crippen LogP contribution in [-0.4, -0.2) is 19.1 Å². The Hall–Kier alpha value is -3.32. The van der Waals surface area contributed by atoms with Gasteiger partial charge >= 0.3 is 5.97 Å². The number of fused-ring (bicyclic) bond motifs is 1. The molecule has 30 heavy (non-hydrogen) atoms. The molecule has 2 N–H and O–H groups in total. The number of hydrogen-bond donors (Lipinski definition) is 1. The summed E-state index contributed by atoms with van der Waals surface area (Å²) in [6.45, 7) is 0. The van der Waals surface area contributed by atoms with Gasteiger partial charge in [-0.15, -0.1) is 0 Å². The van der Waals surface area contributed by atoms with E-state index < -0.39 is 35.6 Å². The van der Waals surface area contributed by atoms with Crippen LogP contribution in [0.2, 0.25) is 0 Å². The zero-order valence-corrected chi connectivity index (χ0v) is 16.0. The normalized spacial score (nSPS) is 17.8. The van der Waals surface area contributed by atoms with Gasteiger partial charge in [-0.1, -0.05) is 18.2 Å². The highest BCUT2D eigenvalue weighted by Crippen LogP contribution is 2.38. The van der Waals surface area contributed by atoms with E-state index in [0.29, 0.717) is 23.8 Å². The Kier molecular flexibility index (Phi) is 5.22. The van der Waals surface area contributed by atoms with Gasteiger partial charge in [0.25, 0.3) is 0 Å². The second-order valence-electron chi connectivity index (χ2n) is 7.09. The van der Waals surface area contributed by atoms with E-state index in [1.165, 1.54) is 7.11 Å². The number of nitrogens with two attached hydrogens (primary N) is 1. The number of ether oxygens (including phenoxy) is 2. The third-order valence-corrected chi connectivity index (χ3v) is 5.12. The molecule has 7 heteroatoms. The SMILES string of the molecule is COC(=O)c1cccc(-c2ccc3c(c2)C[C@H](N)[C@@H](c2cc(F)c(F)cc2F)O3)c1. The molecule has 154 valence electrons. The minimum absolute atomic E-state index is 0.123. The Bertz CT molecular complexity index is 1130. The van der Waals surface area contributed by atoms with Crippen molar-refractivity contribution >= 4 is 5.97 Å². The molecule has 0 saturated heterocycles. The lowest BCUT2D eigenvalue weighted by Gasteiger charge is -2.32. The largest absolute Gasteiger partial charge is 0.484 e. The summed E-state index contributed by atoms with van der Waals surface area (Å²) in [4.78, 5) is 11.8. The minimum Gasteiger partial charge on any atom is -0.484 e. The Morgan fingerprint density at radius 1 is 1.00 bits per heavy atom. The molecule has 4 nitrogen and oxygen atoms in total. The molecule has 0 spiro atoms. The molecule has 1 heterocycles. The van der Waals surface area contributed by atoms with Gasteiger partial charge in [0.05, 0.1) is 18.7 Å². The second-order valence-corrected chi connectivity index (χ2v) is 7.09. The van der Waals surface area contributed by atoms with Gasteiger partial charge in [-0.3, -0.25) is 0 Å². The molecule has 0 amide bonds. The molecule has 3 aromatic carbocycles. The second kappa shape index (κ2) is 7.84. The van der Waals surface area contributed by atoms with Crippen LogP contribution in [0.5, 0.6) is 5.75 Å². The predicted molar refractivity (Wildman–Crippen MR) is 105 cm³/mol. The summed E-state index contributed by atoms with van der Waals surface area (Å²) in [5.41, 5.74) is 8.93. The molecule has 3 aromatic rings. The number of carbonyl (C=O) groups is 1. The van der Waals surface area contributed by atoms with Crippen molar-refractivity contribution in [3.05, 3.63) is 88.7 Å². The van der Waals surface area contributed by atoms with Crippen LogP contribution >= 0.6 is 0 Å². The van der Waals surface area contributed by atoms with E-state index in [9.17, 15) is 18.0 Å². The molecule has 4 rings (SSSR count). The zero-order chi connectivity index (χ0) is 21.4. The summed E-state index contributed by atoms with van der Waals surface area (Å²) < 4.78 is 51.7. The number of carbonyl (C=O) groups excluding carboxylic acids is 1. The number of rotatable bonds is 3. The summed E-state index contributed by atoms with van der Waals surface area (Å²) in [5.74, 6) is -3.28. The van der Waals surface area contributed by atoms with Crippen LogP contribution in [0.15, 0.2) is 54.6 Å². The fourth-order valence-corrected chi connectivity index (χ4v) is 3.61. The highest BCUT2D eigenvalue weighted by Gasteiger charge is 2.32. The van der Waals surface area contributed by atoms with Gasteiger partial charge in [-0.2, -0.15) is 0 Å². The van der Waals surface area contributed by atoms with Crippen LogP contribution in [0.1, 0.15) is 27.6 Å². The van der Waals surface area contributed by atoms with E-state index in [0.717, 1.165) is 22.8 Å². The maximum absolute atomic E-state index is 14.2. The highest BCUT2D eigenvalue weighted by molar-refractivity contribution is 5.91. The number of benzene rings is 3. The molecular weight excluding hydrogens is 395 g/mol. The van der Waals surface area contributed by atoms with E-state index >= 15 is 0 Å². The van der Waals surface area contributed by atoms with Crippen LogP contribution < -0.4 is 10.5 Å². The fraction of sp³-hybridized carbons (Fsp3) is 0.174. The standard InChI is InChI=1S/C23H18F3NO3/c1-29-23(28)14-4-2-3-12(7-14)13-5-6-21-15(8-13)9-20(27)22(30-21)16-10-18(25)19(26)11-17(16)24/h2-8,10-11,20,22H,9,27H2,1H3/t20-,22+/m0/s1. The first-order valence-electron chi connectivity index (χ1n) is 9.25. The third-order valence-electron chi connectivity index (χ3n) is 5.12. The summed E-state index contributed by atoms with van der Waals surface area (Å²) in [6, 6.07) is 13.0. The van der Waals surface area contributed by atoms with Crippen molar-refractivity contribution in [2.45, 2.75) is 18.6 Å². The Balaban J connectivity index is 1.66. The molecule has 0 unspecified atom stereocenters. The monoisotopic (exact) mass is 413 g/mol. The molecule has 0 saturated carbocycles. The highest BCUT2D eigenvalue weighted by atomic mass is 19.2. The lowest BCUT2D eigenvalue weighted by Crippen LogP contribution is -2.38. The average molecular weight is 413 g/mol. The molecule has 0 radical (unpaired) electrons. The van der Waals surface area contributed by atoms with Crippen LogP contribution in [-0.2, 0) is 11.2 Å². The van der Waals surface area contributed by atoms with Crippen molar-refractivity contribution < 1.29 is 27.4 Å². The third kappa shape index (κ3) is 3.64. The van der Waals surface area contributed by atoms with Gasteiger partial charge in [0.15, 0.2) is 11.6 Å². The summed E-state index contributed by atoms with van der Waals surface area (Å²) >= 11 is 0. The first-order valence-corrected chi connectivity index (χ1v) is 9.25. The summed E-state index contributed by atoms with van der Waals surface area (Å²) in [7, 11) is 1.32. The minimum atomic E-state index is -1.26. The number of halogens is 3. The Labute approximate surface area is 171 Å². The van der Waals surface area contributed by atoms with Crippen molar-refractivity contribution in [1.82, 2.24) is 0 Å². The molecule has 1 aliphatic rings. The summed E-state index contributed by atoms with van der Waals surface area (Å²) in [5, 5.41) is 0. The van der Waals surface area contributed by atoms with Crippen molar-refractivity contribution in [2.75, 3.05) is 7.11 Å². The maximum atomic E-state index is 14.2. The Morgan fingerprint density at radius 2 is 1.73 bits per heavy atom. The van der Waals surface area contributed by atoms with Crippen LogP contribution in [0.3, 0.4) is 0 Å². The van der Waals surface area contributed by atoms with Crippen molar-refractivity contribution in [1.29, 1.82) is 0 Å². The van der Waals surface area contributed by atoms with Gasteiger partial charge in [0.1, 0.15) is 17.7 Å². The first kappa shape index (κ1) is 20.0. The predicted octanol–water partition coefficient (Wildman–Crippen LogP) is 4.56. The van der Waals surface area contributed by atoms with Crippen molar-refractivity contribution in [3.63, 3.8) is 0 Å². The van der Waals surface area contributed by atoms with Gasteiger partial charge in [0.2, 0.25) is 0 Å². The molecule has 1 aliphatic heterocycles. The first-order chi connectivity index (χ1) is 14.4. The lowest BCUT2D eigenvalue weighted by molar-refractivity contribution is 0.0601. The molecule has 0 aliphatic carbocycles. The fourth-order valence-electron chi connectivity index (χ4n) is 3.61. The smallest absolute Gasteiger partial charge is 0.337 e. The van der Waals surface area contributed by atoms with Crippen molar-refractivity contribution in [2.24, 2.45) is 5.73 Å². The number of esters is 1. The number of methoxy groups -OCH3 is 1. The van der Waals surface area contributed by atoms with Gasteiger partial charge in [-0.25, -0.2) is 18.0 Å². The van der Waals surface area contributed by atoms with Crippen LogP contribution in [0.4, 0.5) is 13.2 Å². The molecule has 0 fully saturated rings. The lowest BCUT2D eigenvalue weighted by atomic mass is 9.91. The molecule has 0 bridgehead atoms. The Morgan fingerprint density at radius 3 is 2.50 bits per heavy atom. The topological polar surface area (TPSA) is 61.5 Å². The van der Waals surface area contributed by atoms with E-state index in [-0.39, 0.29) is 5.56 Å². The van der Waals surface area contributed by atoms with E-state index in [1.807, 2.05) is 12.1 Å². The quantitative estimate of drug-likeness (QED) is 0.505. The van der Waals surface area contributed by atoms with Gasteiger partial charge < -0.3 is 15.2 Å². The van der Waals surface area contributed by atoms with Gasteiger partial charge in [-0.05, 0) is 53.4 Å². The maximum Gasteiger partial charge on any atom is 0.337 e. The van der Waals surface area contributed by atoms with E-state index in [4.69, 9.17) is 15.2 Å².